The van der Waals surface area contributed by atoms with Crippen LogP contribution in [0.4, 0.5) is 5.82 Å². The summed E-state index contributed by atoms with van der Waals surface area (Å²) in [7, 11) is 0. The van der Waals surface area contributed by atoms with Crippen molar-refractivity contribution in [1.29, 1.82) is 0 Å². The zero-order valence-corrected chi connectivity index (χ0v) is 17.0. The number of hydrogen-bond acceptors (Lipinski definition) is 6. The number of imidazole rings is 1. The minimum absolute atomic E-state index is 0.102. The molecule has 4 N–H and O–H groups in total. The van der Waals surface area contributed by atoms with E-state index < -0.39 is 5.69 Å². The lowest BCUT2D eigenvalue weighted by atomic mass is 10.0. The number of H-pyrrole nitrogens is 2. The van der Waals surface area contributed by atoms with Crippen molar-refractivity contribution in [2.24, 2.45) is 4.99 Å². The number of rotatable bonds is 6. The van der Waals surface area contributed by atoms with Crippen molar-refractivity contribution in [3.8, 4) is 5.88 Å². The van der Waals surface area contributed by atoms with Crippen molar-refractivity contribution in [2.45, 2.75) is 38.3 Å². The molecule has 0 aliphatic heterocycles. The number of benzene rings is 1. The minimum Gasteiger partial charge on any atom is -0.493 e. The fourth-order valence-electron chi connectivity index (χ4n) is 3.55. The van der Waals surface area contributed by atoms with Gasteiger partial charge in [-0.05, 0) is 30.9 Å². The molecule has 3 aromatic heterocycles. The molecular formula is C22H23N7O2. The maximum atomic E-state index is 11.5. The molecule has 9 heteroatoms. The van der Waals surface area contributed by atoms with E-state index in [2.05, 4.69) is 39.4 Å². The highest BCUT2D eigenvalue weighted by Crippen LogP contribution is 2.23. The SMILES string of the molecule is CCC(Nc1cc(=NC2CC2)n2nc/c(=C\c3[nH]c(=O)[nH]c3O)c2n1)c1ccccc1. The second-order valence-corrected chi connectivity index (χ2v) is 7.70. The van der Waals surface area contributed by atoms with Gasteiger partial charge in [0.1, 0.15) is 11.5 Å². The van der Waals surface area contributed by atoms with Crippen molar-refractivity contribution >= 4 is 17.5 Å². The van der Waals surface area contributed by atoms with Gasteiger partial charge in [-0.2, -0.15) is 9.61 Å². The van der Waals surface area contributed by atoms with Crippen molar-refractivity contribution in [1.82, 2.24) is 24.6 Å². The molecule has 0 saturated heterocycles. The molecule has 1 aliphatic carbocycles. The molecule has 0 spiro atoms. The zero-order valence-electron chi connectivity index (χ0n) is 17.0. The Kier molecular flexibility index (Phi) is 4.78. The Morgan fingerprint density at radius 2 is 2.13 bits per heavy atom. The van der Waals surface area contributed by atoms with Gasteiger partial charge in [-0.25, -0.2) is 9.78 Å². The molecule has 9 nitrogen and oxygen atoms in total. The molecule has 0 bridgehead atoms. The predicted molar refractivity (Wildman–Crippen MR) is 117 cm³/mol. The average molecular weight is 417 g/mol. The Morgan fingerprint density at radius 1 is 1.32 bits per heavy atom. The summed E-state index contributed by atoms with van der Waals surface area (Å²) < 4.78 is 1.70. The number of aromatic nitrogens is 5. The van der Waals surface area contributed by atoms with Gasteiger partial charge in [0.15, 0.2) is 11.1 Å². The third-order valence-corrected chi connectivity index (χ3v) is 5.31. The Labute approximate surface area is 177 Å². The van der Waals surface area contributed by atoms with E-state index in [9.17, 15) is 9.90 Å². The van der Waals surface area contributed by atoms with Gasteiger partial charge in [0.2, 0.25) is 5.88 Å². The van der Waals surface area contributed by atoms with Crippen LogP contribution in [0.1, 0.15) is 43.5 Å². The van der Waals surface area contributed by atoms with Crippen molar-refractivity contribution in [2.75, 3.05) is 5.32 Å². The molecule has 3 heterocycles. The van der Waals surface area contributed by atoms with Crippen molar-refractivity contribution in [3.05, 3.63) is 75.0 Å². The van der Waals surface area contributed by atoms with Gasteiger partial charge in [0, 0.05) is 11.3 Å². The van der Waals surface area contributed by atoms with Crippen LogP contribution in [-0.2, 0) is 0 Å². The quantitative estimate of drug-likeness (QED) is 0.380. The molecule has 5 rings (SSSR count). The van der Waals surface area contributed by atoms with Crippen LogP contribution in [0.2, 0.25) is 0 Å². The maximum Gasteiger partial charge on any atom is 0.326 e. The summed E-state index contributed by atoms with van der Waals surface area (Å²) >= 11 is 0. The van der Waals surface area contributed by atoms with Crippen molar-refractivity contribution in [3.63, 3.8) is 0 Å². The van der Waals surface area contributed by atoms with Gasteiger partial charge in [-0.3, -0.25) is 9.98 Å². The number of hydrogen-bond donors (Lipinski definition) is 4. The fraction of sp³-hybridized carbons (Fsp3) is 0.273. The summed E-state index contributed by atoms with van der Waals surface area (Å²) in [6.07, 6.45) is 6.33. The summed E-state index contributed by atoms with van der Waals surface area (Å²) in [6.45, 7) is 2.13. The topological polar surface area (TPSA) is 123 Å². The number of fused-ring (bicyclic) bond motifs is 1. The molecule has 31 heavy (non-hydrogen) atoms. The zero-order chi connectivity index (χ0) is 21.4. The summed E-state index contributed by atoms with van der Waals surface area (Å²) in [5.74, 6) is 0.473. The summed E-state index contributed by atoms with van der Waals surface area (Å²) in [4.78, 5) is 25.9. The summed E-state index contributed by atoms with van der Waals surface area (Å²) in [5, 5.41) is 18.6. The predicted octanol–water partition coefficient (Wildman–Crippen LogP) is 1.63. The molecule has 1 aromatic carbocycles. The smallest absolute Gasteiger partial charge is 0.326 e. The van der Waals surface area contributed by atoms with E-state index in [0.717, 1.165) is 24.8 Å². The molecule has 1 unspecified atom stereocenters. The van der Waals surface area contributed by atoms with Gasteiger partial charge in [0.05, 0.1) is 18.3 Å². The Morgan fingerprint density at radius 3 is 2.81 bits per heavy atom. The monoisotopic (exact) mass is 417 g/mol. The standard InChI is InChI=1S/C22H23N7O2/c1-2-16(13-6-4-3-5-7-13)25-18-11-19(24-15-8-9-15)29-20(27-18)14(12-23-29)10-17-21(30)28-22(31)26-17/h3-7,10-12,15-16,25,30H,2,8-9H2,1H3,(H2,26,28,31)/b14-10+,24-19?. The van der Waals surface area contributed by atoms with Crippen LogP contribution >= 0.6 is 0 Å². The number of nitrogens with zero attached hydrogens (tertiary/aromatic N) is 4. The van der Waals surface area contributed by atoms with E-state index in [1.165, 1.54) is 5.56 Å². The summed E-state index contributed by atoms with van der Waals surface area (Å²) in [5.41, 5.74) is 2.30. The van der Waals surface area contributed by atoms with E-state index >= 15 is 0 Å². The molecule has 0 radical (unpaired) electrons. The third-order valence-electron chi connectivity index (χ3n) is 5.31. The molecule has 4 aromatic rings. The average Bonchev–Trinajstić information content (AvgIpc) is 3.41. The van der Waals surface area contributed by atoms with E-state index in [-0.39, 0.29) is 17.6 Å². The number of nitrogens with one attached hydrogen (secondary N) is 3. The lowest BCUT2D eigenvalue weighted by Gasteiger charge is -2.18. The molecule has 1 saturated carbocycles. The molecule has 1 atom stereocenters. The summed E-state index contributed by atoms with van der Waals surface area (Å²) in [6, 6.07) is 12.6. The van der Waals surface area contributed by atoms with Crippen LogP contribution in [0.3, 0.4) is 0 Å². The lowest BCUT2D eigenvalue weighted by Crippen LogP contribution is -2.21. The first kappa shape index (κ1) is 19.1. The van der Waals surface area contributed by atoms with E-state index in [1.54, 1.807) is 16.8 Å². The van der Waals surface area contributed by atoms with Crippen LogP contribution in [-0.4, -0.2) is 35.7 Å². The maximum absolute atomic E-state index is 11.5. The molecule has 1 aliphatic rings. The number of anilines is 1. The molecule has 1 fully saturated rings. The van der Waals surface area contributed by atoms with Crippen LogP contribution in [0.25, 0.3) is 11.7 Å². The van der Waals surface area contributed by atoms with E-state index in [4.69, 9.17) is 9.98 Å². The van der Waals surface area contributed by atoms with Gasteiger partial charge in [-0.15, -0.1) is 0 Å². The Hall–Kier alpha value is -3.88. The fourth-order valence-corrected chi connectivity index (χ4v) is 3.55. The van der Waals surface area contributed by atoms with E-state index in [0.29, 0.717) is 22.7 Å². The first-order valence-electron chi connectivity index (χ1n) is 10.4. The van der Waals surface area contributed by atoms with Crippen LogP contribution in [0.15, 0.2) is 52.4 Å². The van der Waals surface area contributed by atoms with Crippen LogP contribution in [0, 0.1) is 0 Å². The van der Waals surface area contributed by atoms with Gasteiger partial charge in [-0.1, -0.05) is 37.3 Å². The minimum atomic E-state index is -0.478. The highest BCUT2D eigenvalue weighted by molar-refractivity contribution is 5.58. The van der Waals surface area contributed by atoms with Gasteiger partial charge >= 0.3 is 5.69 Å². The van der Waals surface area contributed by atoms with Crippen molar-refractivity contribution < 1.29 is 5.11 Å². The third kappa shape index (κ3) is 3.94. The Bertz CT molecular complexity index is 1400. The van der Waals surface area contributed by atoms with Gasteiger partial charge < -0.3 is 15.4 Å². The second-order valence-electron chi connectivity index (χ2n) is 7.70. The second kappa shape index (κ2) is 7.75. The van der Waals surface area contributed by atoms with Crippen LogP contribution < -0.4 is 21.7 Å². The van der Waals surface area contributed by atoms with Crippen LogP contribution in [0.5, 0.6) is 5.88 Å². The van der Waals surface area contributed by atoms with Gasteiger partial charge in [0.25, 0.3) is 0 Å². The number of aromatic hydroxyl groups is 1. The molecular weight excluding hydrogens is 394 g/mol. The first-order chi connectivity index (χ1) is 15.1. The first-order valence-corrected chi connectivity index (χ1v) is 10.4. The van der Waals surface area contributed by atoms with E-state index in [1.807, 2.05) is 24.3 Å². The lowest BCUT2D eigenvalue weighted by molar-refractivity contribution is 0.454. The Balaban J connectivity index is 1.64. The number of aromatic amines is 2. The highest BCUT2D eigenvalue weighted by Gasteiger charge is 2.20. The highest BCUT2D eigenvalue weighted by atomic mass is 16.3. The largest absolute Gasteiger partial charge is 0.493 e. The normalized spacial score (nSPS) is 16.2. The molecule has 0 amide bonds. The molecule has 158 valence electrons.